The van der Waals surface area contributed by atoms with Crippen LogP contribution in [0.5, 0.6) is 0 Å². The van der Waals surface area contributed by atoms with Gasteiger partial charge in [0.05, 0.1) is 22.4 Å². The normalized spacial score (nSPS) is 32.0. The summed E-state index contributed by atoms with van der Waals surface area (Å²) in [6.45, 7) is 1.65. The number of carbonyl (C=O) groups excluding carboxylic acids is 1. The number of aliphatic hydroxyl groups excluding tert-OH is 3. The molecule has 28 heavy (non-hydrogen) atoms. The first-order valence-electron chi connectivity index (χ1n) is 9.30. The molecule has 2 aromatic rings. The van der Waals surface area contributed by atoms with Gasteiger partial charge in [-0.25, -0.2) is 9.98 Å². The van der Waals surface area contributed by atoms with Gasteiger partial charge in [-0.1, -0.05) is 19.1 Å². The minimum absolute atomic E-state index is 0.231. The van der Waals surface area contributed by atoms with E-state index in [0.717, 1.165) is 10.2 Å². The lowest BCUT2D eigenvalue weighted by Gasteiger charge is -2.22. The van der Waals surface area contributed by atoms with Crippen LogP contribution in [0.25, 0.3) is 10.2 Å². The average Bonchev–Trinajstić information content (AvgIpc) is 3.23. The fraction of sp³-hybridized carbons (Fsp3) is 0.474. The van der Waals surface area contributed by atoms with E-state index in [-0.39, 0.29) is 18.3 Å². The second kappa shape index (κ2) is 7.67. The molecule has 0 spiro atoms. The monoisotopic (exact) mass is 402 g/mol. The highest BCUT2D eigenvalue weighted by atomic mass is 32.1. The first kappa shape index (κ1) is 19.1. The topological polar surface area (TPSA) is 127 Å². The maximum atomic E-state index is 12.8. The van der Waals surface area contributed by atoms with Crippen LogP contribution in [0.1, 0.15) is 30.7 Å². The number of thiazole rings is 1. The molecule has 2 heterocycles. The molecule has 2 aliphatic rings. The highest BCUT2D eigenvalue weighted by Crippen LogP contribution is 2.33. The molecule has 0 saturated heterocycles. The summed E-state index contributed by atoms with van der Waals surface area (Å²) in [6.07, 6.45) is -1.29. The fourth-order valence-corrected chi connectivity index (χ4v) is 4.71. The van der Waals surface area contributed by atoms with Gasteiger partial charge in [0, 0.05) is 18.9 Å². The van der Waals surface area contributed by atoms with Crippen molar-refractivity contribution in [3.8, 4) is 0 Å². The lowest BCUT2D eigenvalue weighted by molar-refractivity contribution is -0.119. The zero-order valence-corrected chi connectivity index (χ0v) is 16.1. The summed E-state index contributed by atoms with van der Waals surface area (Å²) in [4.78, 5) is 26.5. The van der Waals surface area contributed by atoms with Crippen molar-refractivity contribution in [1.29, 1.82) is 0 Å². The number of para-hydroxylation sites is 1. The van der Waals surface area contributed by atoms with E-state index in [1.807, 2.05) is 31.2 Å². The van der Waals surface area contributed by atoms with Gasteiger partial charge in [0.1, 0.15) is 28.7 Å². The average molecular weight is 402 g/mol. The van der Waals surface area contributed by atoms with E-state index in [4.69, 9.17) is 0 Å². The summed E-state index contributed by atoms with van der Waals surface area (Å²) in [5, 5.41) is 33.2. The lowest BCUT2D eigenvalue weighted by atomic mass is 10.1. The first-order chi connectivity index (χ1) is 13.5. The van der Waals surface area contributed by atoms with E-state index in [1.165, 1.54) is 11.3 Å². The number of aliphatic imine (C=N–C) groups is 2. The Morgan fingerprint density at radius 1 is 1.29 bits per heavy atom. The molecule has 4 N–H and O–H groups in total. The Morgan fingerprint density at radius 2 is 2.07 bits per heavy atom. The quantitative estimate of drug-likeness (QED) is 0.602. The number of aromatic nitrogens is 1. The van der Waals surface area contributed by atoms with E-state index in [2.05, 4.69) is 20.3 Å². The number of aliphatic hydroxyl groups is 3. The Hall–Kier alpha value is -2.20. The number of rotatable bonds is 4. The third-order valence-corrected chi connectivity index (χ3v) is 6.33. The first-order valence-corrected chi connectivity index (χ1v) is 10.1. The molecule has 8 nitrogen and oxygen atoms in total. The lowest BCUT2D eigenvalue weighted by Crippen LogP contribution is -2.43. The van der Waals surface area contributed by atoms with Crippen LogP contribution in [0.2, 0.25) is 0 Å². The molecule has 1 aromatic carbocycles. The Morgan fingerprint density at radius 3 is 2.75 bits per heavy atom. The van der Waals surface area contributed by atoms with Crippen LogP contribution in [0, 0.1) is 5.92 Å². The molecule has 4 rings (SSSR count). The number of fused-ring (bicyclic) bond motifs is 1. The number of amidine groups is 2. The molecule has 1 unspecified atom stereocenters. The Kier molecular flexibility index (Phi) is 5.24. The maximum absolute atomic E-state index is 12.8. The van der Waals surface area contributed by atoms with Gasteiger partial charge >= 0.3 is 0 Å². The third kappa shape index (κ3) is 3.35. The van der Waals surface area contributed by atoms with Gasteiger partial charge in [0.25, 0.3) is 0 Å². The Labute approximate surface area is 165 Å². The molecule has 1 aromatic heterocycles. The number of benzene rings is 1. The molecular formula is C19H22N4O4S. The van der Waals surface area contributed by atoms with Crippen molar-refractivity contribution in [2.24, 2.45) is 15.9 Å². The molecule has 1 fully saturated rings. The van der Waals surface area contributed by atoms with Gasteiger partial charge < -0.3 is 20.6 Å². The summed E-state index contributed by atoms with van der Waals surface area (Å²) in [6, 6.07) is 7.00. The van der Waals surface area contributed by atoms with Crippen LogP contribution >= 0.6 is 11.3 Å². The van der Waals surface area contributed by atoms with Gasteiger partial charge in [0.2, 0.25) is 5.91 Å². The standard InChI is InChI=1S/C19H22N4O4S/c1-2-13-22-17(20-11-7-9(8-24)15(25)16(11)26)14(18(27)23-13)19-21-10-5-3-4-6-12(10)28-19/h3-6,9,11,14-16,24-26H,2,7-8H2,1H3,(H,20,22,23,27)/t9-,11-,14?,15-,16+/m1/s1. The van der Waals surface area contributed by atoms with Crippen molar-refractivity contribution < 1.29 is 20.1 Å². The summed E-state index contributed by atoms with van der Waals surface area (Å²) >= 11 is 1.41. The molecule has 5 atom stereocenters. The van der Waals surface area contributed by atoms with Gasteiger partial charge in [-0.15, -0.1) is 11.3 Å². The van der Waals surface area contributed by atoms with Crippen LogP contribution in [0.3, 0.4) is 0 Å². The summed E-state index contributed by atoms with van der Waals surface area (Å²) in [5.74, 6) is -0.679. The third-order valence-electron chi connectivity index (χ3n) is 5.23. The largest absolute Gasteiger partial charge is 0.396 e. The van der Waals surface area contributed by atoms with Crippen molar-refractivity contribution >= 4 is 39.1 Å². The van der Waals surface area contributed by atoms with Crippen molar-refractivity contribution in [2.45, 2.75) is 43.9 Å². The number of amides is 1. The minimum atomic E-state index is -1.11. The second-order valence-electron chi connectivity index (χ2n) is 7.07. The number of hydrogen-bond acceptors (Lipinski definition) is 7. The molecule has 0 bridgehead atoms. The van der Waals surface area contributed by atoms with Crippen LogP contribution in [-0.2, 0) is 4.79 Å². The van der Waals surface area contributed by atoms with Gasteiger partial charge in [0.15, 0.2) is 0 Å². The SMILES string of the molecule is CCC1=NC(=N[C@@H]2C[C@H](CO)[C@@H](O)[C@H]2O)C(c2nc3ccccc3s2)C(=O)N1. The van der Waals surface area contributed by atoms with E-state index in [9.17, 15) is 20.1 Å². The van der Waals surface area contributed by atoms with E-state index < -0.39 is 30.1 Å². The molecule has 1 amide bonds. The number of nitrogens with one attached hydrogen (secondary N) is 1. The molecule has 148 valence electrons. The maximum Gasteiger partial charge on any atom is 0.243 e. The molecule has 1 aliphatic carbocycles. The Bertz CT molecular complexity index is 923. The highest BCUT2D eigenvalue weighted by Gasteiger charge is 2.43. The molecule has 0 radical (unpaired) electrons. The molecular weight excluding hydrogens is 380 g/mol. The van der Waals surface area contributed by atoms with Gasteiger partial charge in [-0.2, -0.15) is 0 Å². The highest BCUT2D eigenvalue weighted by molar-refractivity contribution is 7.18. The smallest absolute Gasteiger partial charge is 0.243 e. The van der Waals surface area contributed by atoms with Crippen LogP contribution < -0.4 is 5.32 Å². The van der Waals surface area contributed by atoms with Crippen LogP contribution in [-0.4, -0.2) is 62.7 Å². The zero-order chi connectivity index (χ0) is 19.8. The minimum Gasteiger partial charge on any atom is -0.396 e. The summed E-state index contributed by atoms with van der Waals surface area (Å²) < 4.78 is 0.964. The number of carbonyl (C=O) groups is 1. The van der Waals surface area contributed by atoms with Gasteiger partial charge in [-0.3, -0.25) is 9.79 Å². The number of hydrogen-bond donors (Lipinski definition) is 4. The van der Waals surface area contributed by atoms with Crippen LogP contribution in [0.15, 0.2) is 34.3 Å². The summed E-state index contributed by atoms with van der Waals surface area (Å²) in [7, 11) is 0. The fourth-order valence-electron chi connectivity index (χ4n) is 3.65. The predicted molar refractivity (Wildman–Crippen MR) is 107 cm³/mol. The number of nitrogens with zero attached hydrogens (tertiary/aromatic N) is 3. The zero-order valence-electron chi connectivity index (χ0n) is 15.3. The van der Waals surface area contributed by atoms with Gasteiger partial charge in [-0.05, 0) is 18.6 Å². The van der Waals surface area contributed by atoms with Crippen molar-refractivity contribution in [3.63, 3.8) is 0 Å². The van der Waals surface area contributed by atoms with Crippen molar-refractivity contribution in [1.82, 2.24) is 10.3 Å². The van der Waals surface area contributed by atoms with Crippen LogP contribution in [0.4, 0.5) is 0 Å². The molecule has 1 saturated carbocycles. The summed E-state index contributed by atoms with van der Waals surface area (Å²) in [5.41, 5.74) is 0.802. The van der Waals surface area contributed by atoms with E-state index in [1.54, 1.807) is 0 Å². The molecule has 9 heteroatoms. The second-order valence-corrected chi connectivity index (χ2v) is 8.13. The van der Waals surface area contributed by atoms with Crippen molar-refractivity contribution in [3.05, 3.63) is 29.3 Å². The molecule has 1 aliphatic heterocycles. The van der Waals surface area contributed by atoms with E-state index >= 15 is 0 Å². The predicted octanol–water partition coefficient (Wildman–Crippen LogP) is 0.819. The van der Waals surface area contributed by atoms with Crippen molar-refractivity contribution in [2.75, 3.05) is 6.61 Å². The Balaban J connectivity index is 1.75. The van der Waals surface area contributed by atoms with E-state index in [0.29, 0.717) is 23.7 Å².